The minimum atomic E-state index is -4.31. The van der Waals surface area contributed by atoms with Crippen LogP contribution in [0, 0.1) is 11.3 Å². The quantitative estimate of drug-likeness (QED) is 0.493. The molecule has 1 aromatic heterocycles. The van der Waals surface area contributed by atoms with Crippen LogP contribution in [0.2, 0.25) is 0 Å². The predicted octanol–water partition coefficient (Wildman–Crippen LogP) is 6.25. The topological polar surface area (TPSA) is 54.1 Å². The normalized spacial score (nSPS) is 28.4. The number of carbonyl (C=O) groups excluding carboxylic acids is 1. The molecule has 0 spiro atoms. The Morgan fingerprint density at radius 3 is 2.41 bits per heavy atom. The van der Waals surface area contributed by atoms with Crippen molar-refractivity contribution in [3.63, 3.8) is 0 Å². The SMILES string of the molecule is O=C(Nc1c[nH]c2ccc(OC3CC(c4ccc(C(F)(F)F)cc4)C3)cc12)C12CC(C1)C2. The summed E-state index contributed by atoms with van der Waals surface area (Å²) in [5.74, 6) is 1.80. The highest BCUT2D eigenvalue weighted by Crippen LogP contribution is 2.64. The Labute approximate surface area is 183 Å². The van der Waals surface area contributed by atoms with E-state index in [9.17, 15) is 18.0 Å². The Morgan fingerprint density at radius 1 is 1.06 bits per heavy atom. The number of benzene rings is 2. The fourth-order valence-corrected chi connectivity index (χ4v) is 5.36. The molecule has 0 unspecified atom stereocenters. The molecule has 1 amide bonds. The molecule has 0 radical (unpaired) electrons. The fraction of sp³-hybridized carbons (Fsp3) is 0.400. The third-order valence-corrected chi connectivity index (χ3v) is 7.53. The van der Waals surface area contributed by atoms with Gasteiger partial charge in [-0.15, -0.1) is 0 Å². The van der Waals surface area contributed by atoms with Crippen molar-refractivity contribution in [1.29, 1.82) is 0 Å². The van der Waals surface area contributed by atoms with Crippen molar-refractivity contribution in [3.05, 3.63) is 59.8 Å². The van der Waals surface area contributed by atoms with Gasteiger partial charge >= 0.3 is 6.18 Å². The van der Waals surface area contributed by atoms with Gasteiger partial charge in [-0.2, -0.15) is 13.2 Å². The van der Waals surface area contributed by atoms with Gasteiger partial charge in [0.05, 0.1) is 22.8 Å². The lowest BCUT2D eigenvalue weighted by Crippen LogP contribution is -2.58. The van der Waals surface area contributed by atoms with Crippen LogP contribution in [0.4, 0.5) is 18.9 Å². The van der Waals surface area contributed by atoms with Crippen molar-refractivity contribution in [1.82, 2.24) is 4.98 Å². The molecule has 4 aliphatic carbocycles. The summed E-state index contributed by atoms with van der Waals surface area (Å²) in [6, 6.07) is 11.2. The van der Waals surface area contributed by atoms with Gasteiger partial charge in [-0.1, -0.05) is 12.1 Å². The van der Waals surface area contributed by atoms with Crippen molar-refractivity contribution < 1.29 is 22.7 Å². The van der Waals surface area contributed by atoms with Gasteiger partial charge in [0.1, 0.15) is 5.75 Å². The number of H-pyrrole nitrogens is 1. The van der Waals surface area contributed by atoms with Crippen molar-refractivity contribution in [3.8, 4) is 5.75 Å². The number of amides is 1. The van der Waals surface area contributed by atoms with Gasteiger partial charge in [0.2, 0.25) is 5.91 Å². The van der Waals surface area contributed by atoms with Crippen LogP contribution >= 0.6 is 0 Å². The molecule has 4 nitrogen and oxygen atoms in total. The summed E-state index contributed by atoms with van der Waals surface area (Å²) in [5, 5.41) is 4.01. The van der Waals surface area contributed by atoms with E-state index < -0.39 is 11.7 Å². The summed E-state index contributed by atoms with van der Waals surface area (Å²) < 4.78 is 44.3. The van der Waals surface area contributed by atoms with Gasteiger partial charge in [-0.25, -0.2) is 0 Å². The van der Waals surface area contributed by atoms with E-state index in [4.69, 9.17) is 4.74 Å². The van der Waals surface area contributed by atoms with Crippen LogP contribution in [0.3, 0.4) is 0 Å². The molecule has 4 fully saturated rings. The number of alkyl halides is 3. The fourth-order valence-electron chi connectivity index (χ4n) is 5.36. The van der Waals surface area contributed by atoms with Crippen LogP contribution in [0.25, 0.3) is 10.9 Å². The van der Waals surface area contributed by atoms with E-state index in [1.54, 1.807) is 12.1 Å². The molecule has 4 saturated carbocycles. The first-order chi connectivity index (χ1) is 15.3. The largest absolute Gasteiger partial charge is 0.490 e. The highest BCUT2D eigenvalue weighted by molar-refractivity contribution is 6.04. The zero-order valence-electron chi connectivity index (χ0n) is 17.3. The number of aromatic nitrogens is 1. The molecule has 2 N–H and O–H groups in total. The summed E-state index contributed by atoms with van der Waals surface area (Å²) in [6.07, 6.45) is 2.11. The molecule has 2 bridgehead atoms. The van der Waals surface area contributed by atoms with E-state index in [0.29, 0.717) is 0 Å². The third kappa shape index (κ3) is 3.17. The molecule has 0 aliphatic heterocycles. The minimum Gasteiger partial charge on any atom is -0.490 e. The van der Waals surface area contributed by atoms with Crippen LogP contribution in [0.1, 0.15) is 49.1 Å². The molecule has 7 heteroatoms. The van der Waals surface area contributed by atoms with Crippen molar-refractivity contribution in [2.45, 2.75) is 50.3 Å². The predicted molar refractivity (Wildman–Crippen MR) is 115 cm³/mol. The average molecular weight is 440 g/mol. The Kier molecular flexibility index (Phi) is 4.17. The smallest absolute Gasteiger partial charge is 0.416 e. The van der Waals surface area contributed by atoms with Crippen molar-refractivity contribution in [2.24, 2.45) is 11.3 Å². The molecule has 4 aliphatic rings. The number of anilines is 1. The summed E-state index contributed by atoms with van der Waals surface area (Å²) in [5.41, 5.74) is 1.86. The Bertz CT molecular complexity index is 1180. The van der Waals surface area contributed by atoms with Crippen LogP contribution < -0.4 is 10.1 Å². The number of hydrogen-bond acceptors (Lipinski definition) is 2. The van der Waals surface area contributed by atoms with Crippen LogP contribution in [0.15, 0.2) is 48.7 Å². The minimum absolute atomic E-state index is 0.0255. The van der Waals surface area contributed by atoms with Crippen molar-refractivity contribution in [2.75, 3.05) is 5.32 Å². The van der Waals surface area contributed by atoms with E-state index in [2.05, 4.69) is 10.3 Å². The van der Waals surface area contributed by atoms with Gasteiger partial charge < -0.3 is 15.0 Å². The molecule has 0 atom stereocenters. The average Bonchev–Trinajstić information content (AvgIpc) is 3.03. The summed E-state index contributed by atoms with van der Waals surface area (Å²) in [6.45, 7) is 0. The Hall–Kier alpha value is -2.96. The second kappa shape index (κ2) is 6.77. The van der Waals surface area contributed by atoms with Crippen LogP contribution in [-0.2, 0) is 11.0 Å². The number of nitrogens with one attached hydrogen (secondary N) is 2. The first-order valence-corrected chi connectivity index (χ1v) is 11.1. The maximum absolute atomic E-state index is 12.7. The molecule has 7 rings (SSSR count). The number of ether oxygens (including phenoxy) is 1. The number of hydrogen-bond donors (Lipinski definition) is 2. The lowest BCUT2D eigenvalue weighted by molar-refractivity contribution is -0.158. The highest BCUT2D eigenvalue weighted by Gasteiger charge is 2.61. The lowest BCUT2D eigenvalue weighted by Gasteiger charge is -2.60. The standard InChI is InChI=1S/C25H23F3N2O2/c26-25(27,28)17-3-1-15(2-4-17)16-7-19(8-16)32-18-5-6-21-20(9-18)22(13-29-21)30-23(31)24-10-14(11-24)12-24/h1-6,9,13-14,16,19,29H,7-8,10-12H2,(H,30,31). The first kappa shape index (κ1) is 19.7. The van der Waals surface area contributed by atoms with Crippen molar-refractivity contribution >= 4 is 22.5 Å². The maximum Gasteiger partial charge on any atom is 0.416 e. The number of carbonyl (C=O) groups is 1. The lowest BCUT2D eigenvalue weighted by atomic mass is 9.44. The third-order valence-electron chi connectivity index (χ3n) is 7.53. The number of aromatic amines is 1. The molecule has 3 aromatic rings. The molecule has 32 heavy (non-hydrogen) atoms. The zero-order chi connectivity index (χ0) is 22.1. The summed E-state index contributed by atoms with van der Waals surface area (Å²) >= 11 is 0. The van der Waals surface area contributed by atoms with Gasteiger partial charge in [-0.05, 0) is 79.8 Å². The second-order valence-corrected chi connectivity index (χ2v) is 9.65. The van der Waals surface area contributed by atoms with E-state index in [1.807, 2.05) is 24.4 Å². The maximum atomic E-state index is 12.7. The molecular formula is C25H23F3N2O2. The van der Waals surface area contributed by atoms with Crippen LogP contribution in [-0.4, -0.2) is 17.0 Å². The van der Waals surface area contributed by atoms with E-state index in [0.717, 1.165) is 78.1 Å². The van der Waals surface area contributed by atoms with Gasteiger partial charge in [0.25, 0.3) is 0 Å². The van der Waals surface area contributed by atoms with E-state index in [-0.39, 0.29) is 23.3 Å². The molecule has 1 heterocycles. The molecular weight excluding hydrogens is 417 g/mol. The van der Waals surface area contributed by atoms with E-state index >= 15 is 0 Å². The van der Waals surface area contributed by atoms with Gasteiger partial charge in [-0.3, -0.25) is 4.79 Å². The Morgan fingerprint density at radius 2 is 1.78 bits per heavy atom. The molecule has 2 aromatic carbocycles. The number of rotatable bonds is 5. The number of halogens is 3. The van der Waals surface area contributed by atoms with Crippen LogP contribution in [0.5, 0.6) is 5.75 Å². The van der Waals surface area contributed by atoms with Gasteiger partial charge in [0.15, 0.2) is 0 Å². The molecule has 166 valence electrons. The molecule has 0 saturated heterocycles. The monoisotopic (exact) mass is 440 g/mol. The zero-order valence-corrected chi connectivity index (χ0v) is 17.3. The van der Waals surface area contributed by atoms with E-state index in [1.165, 1.54) is 0 Å². The highest BCUT2D eigenvalue weighted by atomic mass is 19.4. The van der Waals surface area contributed by atoms with Gasteiger partial charge in [0, 0.05) is 17.1 Å². The number of fused-ring (bicyclic) bond motifs is 1. The second-order valence-electron chi connectivity index (χ2n) is 9.65. The summed E-state index contributed by atoms with van der Waals surface area (Å²) in [4.78, 5) is 15.8. The summed E-state index contributed by atoms with van der Waals surface area (Å²) in [7, 11) is 0. The Balaban J connectivity index is 1.10. The first-order valence-electron chi connectivity index (χ1n) is 11.1.